The fraction of sp³-hybridized carbons (Fsp3) is 0.400. The van der Waals surface area contributed by atoms with Gasteiger partial charge in [0.05, 0.1) is 0 Å². The molecule has 0 unspecified atom stereocenters. The first-order valence-corrected chi connectivity index (χ1v) is 4.70. The highest BCUT2D eigenvalue weighted by Crippen LogP contribution is 2.11. The van der Waals surface area contributed by atoms with E-state index < -0.39 is 0 Å². The van der Waals surface area contributed by atoms with Crippen molar-refractivity contribution >= 4 is 17.5 Å². The van der Waals surface area contributed by atoms with Gasteiger partial charge >= 0.3 is 0 Å². The van der Waals surface area contributed by atoms with Gasteiger partial charge in [0, 0.05) is 17.5 Å². The minimum atomic E-state index is 0.955. The molecule has 66 valence electrons. The first kappa shape index (κ1) is 9.40. The van der Waals surface area contributed by atoms with Crippen LogP contribution in [0.4, 0.5) is 5.69 Å². The second kappa shape index (κ2) is 5.04. The second-order valence-corrected chi connectivity index (χ2v) is 3.08. The summed E-state index contributed by atoms with van der Waals surface area (Å²) in [6, 6.07) is 8.22. The fourth-order valence-corrected chi connectivity index (χ4v) is 1.24. The molecule has 0 aliphatic carbocycles. The Kier molecular flexibility index (Phi) is 3.95. The van der Waals surface area contributed by atoms with Crippen LogP contribution in [0.15, 0.2) is 24.3 Å². The zero-order valence-corrected chi connectivity index (χ0v) is 8.06. The van der Waals surface area contributed by atoms with Gasteiger partial charge in [0.25, 0.3) is 0 Å². The highest BCUT2D eigenvalue weighted by molar-refractivity contribution is 6.23. The van der Waals surface area contributed by atoms with Crippen LogP contribution in [-0.2, 0) is 6.42 Å². The predicted molar refractivity (Wildman–Crippen MR) is 54.5 cm³/mol. The van der Waals surface area contributed by atoms with Gasteiger partial charge in [0.2, 0.25) is 0 Å². The summed E-state index contributed by atoms with van der Waals surface area (Å²) >= 11 is 5.43. The molecular weight excluding hydrogens is 170 g/mol. The smallest absolute Gasteiger partial charge is 0.0491 e. The number of hydrogen-bond acceptors (Lipinski definition) is 1. The molecule has 1 N–H and O–H groups in total. The van der Waals surface area contributed by atoms with Gasteiger partial charge in [-0.05, 0) is 30.5 Å². The highest BCUT2D eigenvalue weighted by atomic mass is 35.5. The van der Waals surface area contributed by atoms with Crippen LogP contribution in [0.2, 0.25) is 0 Å². The van der Waals surface area contributed by atoms with E-state index in [0.29, 0.717) is 0 Å². The summed E-state index contributed by atoms with van der Waals surface area (Å²) in [6.07, 6.45) is 3.67. The quantitative estimate of drug-likeness (QED) is 0.704. The minimum absolute atomic E-state index is 0.955. The molecule has 0 amide bonds. The maximum Gasteiger partial charge on any atom is 0.0491 e. The molecule has 2 heteroatoms. The lowest BCUT2D eigenvalue weighted by Crippen LogP contribution is -1.85. The third-order valence-electron chi connectivity index (χ3n) is 1.88. The average molecular weight is 184 g/mol. The molecule has 1 rings (SSSR count). The van der Waals surface area contributed by atoms with Gasteiger partial charge in [-0.25, -0.2) is 0 Å². The van der Waals surface area contributed by atoms with Crippen molar-refractivity contribution in [3.05, 3.63) is 29.8 Å². The molecule has 12 heavy (non-hydrogen) atoms. The molecule has 1 aromatic carbocycles. The number of benzene rings is 1. The van der Waals surface area contributed by atoms with Crippen molar-refractivity contribution in [3.8, 4) is 0 Å². The lowest BCUT2D eigenvalue weighted by molar-refractivity contribution is 0.795. The molecule has 0 saturated carbocycles. The summed E-state index contributed by atoms with van der Waals surface area (Å²) in [7, 11) is 0. The summed E-state index contributed by atoms with van der Waals surface area (Å²) in [6.45, 7) is 2.20. The zero-order chi connectivity index (χ0) is 8.81. The Morgan fingerprint density at radius 2 is 1.92 bits per heavy atom. The third kappa shape index (κ3) is 2.74. The lowest BCUT2D eigenvalue weighted by Gasteiger charge is -2.01. The van der Waals surface area contributed by atoms with Gasteiger partial charge in [-0.3, -0.25) is 4.84 Å². The van der Waals surface area contributed by atoms with Crippen LogP contribution in [0.5, 0.6) is 0 Å². The standard InChI is InChI=1S/C10H14ClN/c1-2-3-4-9-5-7-10(12-11)8-6-9/h5-8,12H,2-4H2,1H3. The topological polar surface area (TPSA) is 12.0 Å². The Labute approximate surface area is 78.9 Å². The van der Waals surface area contributed by atoms with Crippen LogP contribution in [0.3, 0.4) is 0 Å². The Balaban J connectivity index is 2.53. The number of unbranched alkanes of at least 4 members (excludes halogenated alkanes) is 1. The number of nitrogens with one attached hydrogen (secondary N) is 1. The molecule has 0 saturated heterocycles. The first-order valence-electron chi connectivity index (χ1n) is 4.32. The monoisotopic (exact) mass is 183 g/mol. The van der Waals surface area contributed by atoms with E-state index in [1.807, 2.05) is 12.1 Å². The van der Waals surface area contributed by atoms with Crippen molar-refractivity contribution in [2.45, 2.75) is 26.2 Å². The Morgan fingerprint density at radius 1 is 1.25 bits per heavy atom. The Hall–Kier alpha value is -0.690. The zero-order valence-electron chi connectivity index (χ0n) is 7.31. The molecule has 0 spiro atoms. The average Bonchev–Trinajstić information content (AvgIpc) is 2.15. The molecule has 0 fully saturated rings. The van der Waals surface area contributed by atoms with Gasteiger partial charge in [-0.1, -0.05) is 25.5 Å². The van der Waals surface area contributed by atoms with E-state index in [-0.39, 0.29) is 0 Å². The maximum absolute atomic E-state index is 5.43. The number of anilines is 1. The summed E-state index contributed by atoms with van der Waals surface area (Å²) < 4.78 is 0. The first-order chi connectivity index (χ1) is 5.86. The van der Waals surface area contributed by atoms with E-state index in [1.165, 1.54) is 24.8 Å². The fourth-order valence-electron chi connectivity index (χ4n) is 1.12. The van der Waals surface area contributed by atoms with E-state index in [9.17, 15) is 0 Å². The molecule has 0 bridgehead atoms. The summed E-state index contributed by atoms with van der Waals surface area (Å²) in [5.74, 6) is 0. The Morgan fingerprint density at radius 3 is 2.42 bits per heavy atom. The third-order valence-corrected chi connectivity index (χ3v) is 2.10. The predicted octanol–water partition coefficient (Wildman–Crippen LogP) is 3.59. The lowest BCUT2D eigenvalue weighted by atomic mass is 10.1. The van der Waals surface area contributed by atoms with Crippen molar-refractivity contribution in [1.29, 1.82) is 0 Å². The van der Waals surface area contributed by atoms with E-state index in [1.54, 1.807) is 0 Å². The molecule has 0 atom stereocenters. The van der Waals surface area contributed by atoms with Crippen LogP contribution < -0.4 is 4.84 Å². The van der Waals surface area contributed by atoms with Crippen LogP contribution in [0, 0.1) is 0 Å². The molecule has 1 nitrogen and oxygen atoms in total. The van der Waals surface area contributed by atoms with Crippen molar-refractivity contribution in [2.24, 2.45) is 0 Å². The van der Waals surface area contributed by atoms with E-state index >= 15 is 0 Å². The molecule has 0 radical (unpaired) electrons. The van der Waals surface area contributed by atoms with Crippen LogP contribution in [-0.4, -0.2) is 0 Å². The van der Waals surface area contributed by atoms with Crippen molar-refractivity contribution in [1.82, 2.24) is 0 Å². The summed E-state index contributed by atoms with van der Waals surface area (Å²) in [5.41, 5.74) is 2.34. The van der Waals surface area contributed by atoms with Crippen LogP contribution >= 0.6 is 11.8 Å². The Bertz CT molecular complexity index is 218. The molecule has 0 aliphatic heterocycles. The highest BCUT2D eigenvalue weighted by Gasteiger charge is 1.92. The van der Waals surface area contributed by atoms with E-state index in [0.717, 1.165) is 5.69 Å². The minimum Gasteiger partial charge on any atom is -0.299 e. The largest absolute Gasteiger partial charge is 0.299 e. The SMILES string of the molecule is CCCCc1ccc(NCl)cc1. The number of aryl methyl sites for hydroxylation is 1. The van der Waals surface area contributed by atoms with Gasteiger partial charge < -0.3 is 0 Å². The normalized spacial score (nSPS) is 9.83. The number of halogens is 1. The van der Waals surface area contributed by atoms with Crippen LogP contribution in [0.25, 0.3) is 0 Å². The molecule has 1 aromatic rings. The number of rotatable bonds is 4. The van der Waals surface area contributed by atoms with Crippen LogP contribution in [0.1, 0.15) is 25.3 Å². The van der Waals surface area contributed by atoms with Crippen molar-refractivity contribution < 1.29 is 0 Å². The molecule has 0 heterocycles. The van der Waals surface area contributed by atoms with Gasteiger partial charge in [-0.2, -0.15) is 0 Å². The van der Waals surface area contributed by atoms with Gasteiger partial charge in [0.15, 0.2) is 0 Å². The molecular formula is C10H14ClN. The number of hydrogen-bond donors (Lipinski definition) is 1. The maximum atomic E-state index is 5.43. The molecule has 0 aliphatic rings. The summed E-state index contributed by atoms with van der Waals surface area (Å²) in [4.78, 5) is 2.58. The second-order valence-electron chi connectivity index (χ2n) is 2.89. The van der Waals surface area contributed by atoms with Crippen molar-refractivity contribution in [3.63, 3.8) is 0 Å². The van der Waals surface area contributed by atoms with Gasteiger partial charge in [0.1, 0.15) is 0 Å². The van der Waals surface area contributed by atoms with E-state index in [4.69, 9.17) is 11.8 Å². The van der Waals surface area contributed by atoms with E-state index in [2.05, 4.69) is 23.9 Å². The molecule has 0 aromatic heterocycles. The van der Waals surface area contributed by atoms with Crippen molar-refractivity contribution in [2.75, 3.05) is 4.84 Å². The summed E-state index contributed by atoms with van der Waals surface area (Å²) in [5, 5.41) is 0. The van der Waals surface area contributed by atoms with Gasteiger partial charge in [-0.15, -0.1) is 0 Å².